The van der Waals surface area contributed by atoms with Crippen LogP contribution in [0.25, 0.3) is 0 Å². The fourth-order valence-corrected chi connectivity index (χ4v) is 2.23. The Kier molecular flexibility index (Phi) is 3.92. The second kappa shape index (κ2) is 6.01. The summed E-state index contributed by atoms with van der Waals surface area (Å²) in [4.78, 5) is 20.3. The van der Waals surface area contributed by atoms with Crippen LogP contribution in [0.5, 0.6) is 0 Å². The van der Waals surface area contributed by atoms with E-state index < -0.39 is 0 Å². The van der Waals surface area contributed by atoms with Crippen LogP contribution < -0.4 is 10.6 Å². The van der Waals surface area contributed by atoms with Crippen molar-refractivity contribution in [3.05, 3.63) is 41.3 Å². The maximum absolute atomic E-state index is 12.0. The predicted octanol–water partition coefficient (Wildman–Crippen LogP) is 1.13. The number of nitrogens with zero attached hydrogens (tertiary/aromatic N) is 3. The predicted molar refractivity (Wildman–Crippen MR) is 74.4 cm³/mol. The third kappa shape index (κ3) is 3.25. The highest BCUT2D eigenvalue weighted by molar-refractivity contribution is 5.90. The van der Waals surface area contributed by atoms with Crippen molar-refractivity contribution in [3.8, 4) is 0 Å². The molecule has 1 atom stereocenters. The Morgan fingerprint density at radius 3 is 3.14 bits per heavy atom. The van der Waals surface area contributed by atoms with Crippen LogP contribution in [0.2, 0.25) is 0 Å². The largest absolute Gasteiger partial charge is 0.345 e. The van der Waals surface area contributed by atoms with Gasteiger partial charge in [0.05, 0.1) is 6.04 Å². The molecule has 1 unspecified atom stereocenters. The van der Waals surface area contributed by atoms with Crippen molar-refractivity contribution in [1.29, 1.82) is 0 Å². The maximum Gasteiger partial charge on any atom is 0.292 e. The number of pyridine rings is 1. The van der Waals surface area contributed by atoms with Gasteiger partial charge >= 0.3 is 0 Å². The average molecular weight is 287 g/mol. The average Bonchev–Trinajstić information content (AvgIpc) is 3.17. The summed E-state index contributed by atoms with van der Waals surface area (Å²) in [6.07, 6.45) is 3.77. The van der Waals surface area contributed by atoms with E-state index in [1.807, 2.05) is 19.1 Å². The molecule has 0 bridgehead atoms. The number of carbonyl (C=O) groups excluding carboxylic acids is 1. The first-order valence-corrected chi connectivity index (χ1v) is 6.99. The Bertz CT molecular complexity index is 617. The van der Waals surface area contributed by atoms with E-state index in [4.69, 9.17) is 4.52 Å². The van der Waals surface area contributed by atoms with Gasteiger partial charge in [0.15, 0.2) is 0 Å². The minimum atomic E-state index is -0.344. The van der Waals surface area contributed by atoms with E-state index in [2.05, 4.69) is 25.8 Å². The zero-order valence-electron chi connectivity index (χ0n) is 11.8. The highest BCUT2D eigenvalue weighted by Gasteiger charge is 2.24. The fourth-order valence-electron chi connectivity index (χ4n) is 2.23. The highest BCUT2D eigenvalue weighted by Crippen LogP contribution is 2.20. The van der Waals surface area contributed by atoms with E-state index in [9.17, 15) is 4.79 Å². The van der Waals surface area contributed by atoms with E-state index >= 15 is 0 Å². The van der Waals surface area contributed by atoms with Gasteiger partial charge in [-0.15, -0.1) is 0 Å². The molecule has 3 rings (SSSR count). The normalized spacial score (nSPS) is 17.9. The summed E-state index contributed by atoms with van der Waals surface area (Å²) in [6, 6.07) is 3.90. The van der Waals surface area contributed by atoms with Crippen LogP contribution in [0, 0.1) is 6.92 Å². The molecule has 7 heteroatoms. The lowest BCUT2D eigenvalue weighted by atomic mass is 10.2. The van der Waals surface area contributed by atoms with Crippen LogP contribution in [-0.2, 0) is 6.54 Å². The van der Waals surface area contributed by atoms with Gasteiger partial charge in [-0.25, -0.2) is 0 Å². The molecule has 21 heavy (non-hydrogen) atoms. The first-order valence-electron chi connectivity index (χ1n) is 6.99. The lowest BCUT2D eigenvalue weighted by Gasteiger charge is -2.03. The first kappa shape index (κ1) is 13.7. The van der Waals surface area contributed by atoms with Gasteiger partial charge in [0.25, 0.3) is 11.7 Å². The number of nitrogens with one attached hydrogen (secondary N) is 2. The summed E-state index contributed by atoms with van der Waals surface area (Å²) in [5.74, 6) is 0.206. The molecule has 1 amide bonds. The minimum Gasteiger partial charge on any atom is -0.345 e. The number of aromatic nitrogens is 3. The number of hydrogen-bond donors (Lipinski definition) is 2. The van der Waals surface area contributed by atoms with Gasteiger partial charge in [-0.2, -0.15) is 4.98 Å². The molecular formula is C14H17N5O2. The topological polar surface area (TPSA) is 92.9 Å². The molecule has 1 fully saturated rings. The third-order valence-corrected chi connectivity index (χ3v) is 3.43. The van der Waals surface area contributed by atoms with Crippen molar-refractivity contribution in [3.63, 3.8) is 0 Å². The van der Waals surface area contributed by atoms with Crippen LogP contribution in [0.15, 0.2) is 22.9 Å². The van der Waals surface area contributed by atoms with E-state index in [-0.39, 0.29) is 17.8 Å². The van der Waals surface area contributed by atoms with E-state index in [1.165, 1.54) is 0 Å². The smallest absolute Gasteiger partial charge is 0.292 e. The molecule has 1 saturated heterocycles. The summed E-state index contributed by atoms with van der Waals surface area (Å²) in [7, 11) is 0. The number of aryl methyl sites for hydroxylation is 1. The maximum atomic E-state index is 12.0. The monoisotopic (exact) mass is 287 g/mol. The molecule has 7 nitrogen and oxygen atoms in total. The molecule has 2 aromatic heterocycles. The lowest BCUT2D eigenvalue weighted by Crippen LogP contribution is -2.24. The number of carbonyl (C=O) groups is 1. The molecule has 110 valence electrons. The first-order chi connectivity index (χ1) is 10.2. The van der Waals surface area contributed by atoms with Crippen molar-refractivity contribution in [1.82, 2.24) is 25.8 Å². The van der Waals surface area contributed by atoms with Gasteiger partial charge in [0.2, 0.25) is 5.89 Å². The van der Waals surface area contributed by atoms with Crippen molar-refractivity contribution in [2.24, 2.45) is 0 Å². The Morgan fingerprint density at radius 1 is 1.52 bits per heavy atom. The molecule has 0 spiro atoms. The Morgan fingerprint density at radius 2 is 2.43 bits per heavy atom. The highest BCUT2D eigenvalue weighted by atomic mass is 16.5. The zero-order valence-corrected chi connectivity index (χ0v) is 11.8. The zero-order chi connectivity index (χ0) is 14.7. The number of rotatable bonds is 4. The minimum absolute atomic E-state index is 0.0683. The van der Waals surface area contributed by atoms with Crippen molar-refractivity contribution >= 4 is 5.91 Å². The fraction of sp³-hybridized carbons (Fsp3) is 0.429. The SMILES string of the molecule is Cc1ccc(CNC(=O)c2noc(C3CCCN3)n2)cn1. The summed E-state index contributed by atoms with van der Waals surface area (Å²) < 4.78 is 5.14. The molecule has 0 radical (unpaired) electrons. The molecule has 0 saturated carbocycles. The summed E-state index contributed by atoms with van der Waals surface area (Å²) in [5.41, 5.74) is 1.87. The Balaban J connectivity index is 1.59. The second-order valence-corrected chi connectivity index (χ2v) is 5.10. The molecule has 1 aliphatic rings. The molecule has 0 aromatic carbocycles. The van der Waals surface area contributed by atoms with Crippen molar-refractivity contribution in [2.75, 3.05) is 6.54 Å². The van der Waals surface area contributed by atoms with Gasteiger partial charge < -0.3 is 15.2 Å². The van der Waals surface area contributed by atoms with Crippen LogP contribution in [-0.4, -0.2) is 27.6 Å². The quantitative estimate of drug-likeness (QED) is 0.875. The molecule has 1 aliphatic heterocycles. The van der Waals surface area contributed by atoms with Crippen LogP contribution >= 0.6 is 0 Å². The van der Waals surface area contributed by atoms with Gasteiger partial charge in [-0.3, -0.25) is 9.78 Å². The Labute approximate surface area is 122 Å². The van der Waals surface area contributed by atoms with Gasteiger partial charge in [0, 0.05) is 18.4 Å². The lowest BCUT2D eigenvalue weighted by molar-refractivity contribution is 0.0937. The molecule has 3 heterocycles. The molecular weight excluding hydrogens is 270 g/mol. The summed E-state index contributed by atoms with van der Waals surface area (Å²) in [6.45, 7) is 3.24. The van der Waals surface area contributed by atoms with E-state index in [0.717, 1.165) is 30.6 Å². The van der Waals surface area contributed by atoms with Crippen LogP contribution in [0.1, 0.15) is 46.7 Å². The van der Waals surface area contributed by atoms with E-state index in [0.29, 0.717) is 12.4 Å². The van der Waals surface area contributed by atoms with Crippen LogP contribution in [0.4, 0.5) is 0 Å². The number of amides is 1. The van der Waals surface area contributed by atoms with E-state index in [1.54, 1.807) is 6.20 Å². The van der Waals surface area contributed by atoms with Gasteiger partial charge in [0.1, 0.15) is 0 Å². The number of hydrogen-bond acceptors (Lipinski definition) is 6. The molecule has 0 aliphatic carbocycles. The van der Waals surface area contributed by atoms with Crippen molar-refractivity contribution in [2.45, 2.75) is 32.4 Å². The van der Waals surface area contributed by atoms with Gasteiger partial charge in [-0.1, -0.05) is 11.2 Å². The standard InChI is InChI=1S/C14H17N5O2/c1-9-4-5-10(7-16-9)8-17-13(20)12-18-14(21-19-12)11-3-2-6-15-11/h4-5,7,11,15H,2-3,6,8H2,1H3,(H,17,20). The summed E-state index contributed by atoms with van der Waals surface area (Å²) in [5, 5.41) is 9.74. The molecule has 2 aromatic rings. The molecule has 2 N–H and O–H groups in total. The van der Waals surface area contributed by atoms with Crippen LogP contribution in [0.3, 0.4) is 0 Å². The van der Waals surface area contributed by atoms with Crippen molar-refractivity contribution < 1.29 is 9.32 Å². The Hall–Kier alpha value is -2.28. The van der Waals surface area contributed by atoms with Gasteiger partial charge in [-0.05, 0) is 37.9 Å². The second-order valence-electron chi connectivity index (χ2n) is 5.10. The summed E-state index contributed by atoms with van der Waals surface area (Å²) >= 11 is 0. The third-order valence-electron chi connectivity index (χ3n) is 3.43.